The molecule has 2 aliphatic heterocycles. The smallest absolute Gasteiger partial charge is 0.239 e. The van der Waals surface area contributed by atoms with E-state index in [1.165, 1.54) is 24.6 Å². The molecule has 2 saturated carbocycles. The number of hydrogen-bond acceptors (Lipinski definition) is 7. The molecular formula is C32H37Cl2FN6O3. The van der Waals surface area contributed by atoms with Gasteiger partial charge in [-0.25, -0.2) is 9.37 Å². The van der Waals surface area contributed by atoms with E-state index in [2.05, 4.69) is 51.6 Å². The van der Waals surface area contributed by atoms with Crippen LogP contribution in [0.15, 0.2) is 58.6 Å². The van der Waals surface area contributed by atoms with E-state index in [0.717, 1.165) is 25.7 Å². The van der Waals surface area contributed by atoms with Gasteiger partial charge in [0.15, 0.2) is 0 Å². The number of anilines is 1. The topological polar surface area (TPSA) is 122 Å². The van der Waals surface area contributed by atoms with Gasteiger partial charge in [-0.05, 0) is 75.0 Å². The Bertz CT molecular complexity index is 1510. The molecule has 3 atom stereocenters. The second-order valence-corrected chi connectivity index (χ2v) is 14.2. The number of hydrogen-bond donors (Lipinski definition) is 3. The van der Waals surface area contributed by atoms with Crippen LogP contribution in [0.25, 0.3) is 0 Å². The molecule has 6 rings (SSSR count). The fourth-order valence-electron chi connectivity index (χ4n) is 7.96. The van der Waals surface area contributed by atoms with Crippen molar-refractivity contribution in [1.82, 2.24) is 25.8 Å². The highest BCUT2D eigenvalue weighted by Gasteiger charge is 2.73. The Morgan fingerprint density at radius 3 is 2.57 bits per heavy atom. The molecule has 4 aliphatic rings. The standard InChI is InChI=1S/C32H37Cl2FN6O3/c1-18(33)5-4-6-22(35)24-25(27(42)37-20-9-7-19(8-10-20)28-41-36-17-44-28)40-31(15-13-30(2,3)14-16-31)32(24)21-11-12-23(34)38-26(21)39-29(32)43/h4-6,11-12,17,19-20,24-25,40H,1,7-10,13-16H2,2-3H3,(H,37,42)(H,38,39,43)/b5-4-,22-6-/t19-,20-,24-,25+,32+/m0/s1. The summed E-state index contributed by atoms with van der Waals surface area (Å²) in [6.45, 7) is 8.03. The summed E-state index contributed by atoms with van der Waals surface area (Å²) in [6.07, 6.45) is 11.3. The summed E-state index contributed by atoms with van der Waals surface area (Å²) in [7, 11) is 0. The van der Waals surface area contributed by atoms with Crippen molar-refractivity contribution in [1.29, 1.82) is 0 Å². The first-order valence-electron chi connectivity index (χ1n) is 15.2. The molecule has 1 saturated heterocycles. The van der Waals surface area contributed by atoms with Crippen LogP contribution in [-0.2, 0) is 15.0 Å². The Hall–Kier alpha value is -3.08. The third-order valence-electron chi connectivity index (χ3n) is 10.2. The van der Waals surface area contributed by atoms with E-state index in [-0.39, 0.29) is 39.4 Å². The van der Waals surface area contributed by atoms with Crippen LogP contribution in [0.3, 0.4) is 0 Å². The second kappa shape index (κ2) is 11.7. The number of fused-ring (bicyclic) bond motifs is 3. The van der Waals surface area contributed by atoms with Gasteiger partial charge in [0.05, 0.1) is 12.0 Å². The molecule has 2 amide bonds. The minimum atomic E-state index is -1.44. The SMILES string of the molecule is C=C(Cl)/C=C\C=C(/F)[C@H]1[C@H](C(=O)N[C@H]2CC[C@H](c3nnco3)CC2)NC2(CCC(C)(C)CC2)[C@@]12C(=O)Nc1nc(Cl)ccc12. The van der Waals surface area contributed by atoms with Gasteiger partial charge in [0.1, 0.15) is 22.2 Å². The predicted octanol–water partition coefficient (Wildman–Crippen LogP) is 6.24. The summed E-state index contributed by atoms with van der Waals surface area (Å²) in [6, 6.07) is 2.23. The molecule has 0 bridgehead atoms. The van der Waals surface area contributed by atoms with Crippen molar-refractivity contribution < 1.29 is 18.4 Å². The Labute approximate surface area is 266 Å². The second-order valence-electron chi connectivity index (χ2n) is 13.3. The minimum absolute atomic E-state index is 0.0367. The summed E-state index contributed by atoms with van der Waals surface area (Å²) in [4.78, 5) is 33.0. The highest BCUT2D eigenvalue weighted by atomic mass is 35.5. The maximum absolute atomic E-state index is 16.8. The van der Waals surface area contributed by atoms with Crippen molar-refractivity contribution >= 4 is 40.8 Å². The van der Waals surface area contributed by atoms with E-state index in [1.54, 1.807) is 12.1 Å². The highest BCUT2D eigenvalue weighted by Crippen LogP contribution is 2.62. The largest absolute Gasteiger partial charge is 0.428 e. The Morgan fingerprint density at radius 1 is 1.18 bits per heavy atom. The molecule has 0 radical (unpaired) electrons. The molecule has 3 N–H and O–H groups in total. The molecule has 2 aromatic rings. The van der Waals surface area contributed by atoms with Crippen molar-refractivity contribution in [2.24, 2.45) is 11.3 Å². The average Bonchev–Trinajstić information content (AvgIpc) is 3.68. The molecule has 0 aromatic carbocycles. The van der Waals surface area contributed by atoms with Crippen LogP contribution in [-0.4, -0.2) is 44.6 Å². The van der Waals surface area contributed by atoms with Crippen LogP contribution in [0.2, 0.25) is 5.15 Å². The lowest BCUT2D eigenvalue weighted by atomic mass is 9.54. The summed E-state index contributed by atoms with van der Waals surface area (Å²) >= 11 is 12.2. The predicted molar refractivity (Wildman–Crippen MR) is 166 cm³/mol. The fourth-order valence-corrected chi connectivity index (χ4v) is 8.18. The Balaban J connectivity index is 1.39. The first kappa shape index (κ1) is 30.9. The molecule has 4 heterocycles. The maximum Gasteiger partial charge on any atom is 0.239 e. The van der Waals surface area contributed by atoms with E-state index in [4.69, 9.17) is 27.6 Å². The zero-order valence-corrected chi connectivity index (χ0v) is 26.3. The number of amides is 2. The number of carbonyl (C=O) groups is 2. The molecule has 2 aliphatic carbocycles. The maximum atomic E-state index is 16.8. The number of nitrogens with one attached hydrogen (secondary N) is 3. The zero-order valence-electron chi connectivity index (χ0n) is 24.8. The van der Waals surface area contributed by atoms with Gasteiger partial charge in [-0.2, -0.15) is 0 Å². The number of pyridine rings is 1. The summed E-state index contributed by atoms with van der Waals surface area (Å²) in [5.41, 5.74) is -1.76. The van der Waals surface area contributed by atoms with Gasteiger partial charge >= 0.3 is 0 Å². The van der Waals surface area contributed by atoms with Crippen LogP contribution >= 0.6 is 23.2 Å². The summed E-state index contributed by atoms with van der Waals surface area (Å²) in [5, 5.41) is 18.0. The molecule has 44 heavy (non-hydrogen) atoms. The van der Waals surface area contributed by atoms with Crippen molar-refractivity contribution in [3.05, 3.63) is 70.8 Å². The van der Waals surface area contributed by atoms with E-state index in [1.807, 2.05) is 0 Å². The van der Waals surface area contributed by atoms with Crippen molar-refractivity contribution in [2.45, 2.75) is 94.2 Å². The number of allylic oxidation sites excluding steroid dienone is 4. The van der Waals surface area contributed by atoms with Gasteiger partial charge in [-0.15, -0.1) is 10.2 Å². The number of rotatable bonds is 6. The van der Waals surface area contributed by atoms with Crippen molar-refractivity contribution in [2.75, 3.05) is 5.32 Å². The number of aromatic nitrogens is 3. The Morgan fingerprint density at radius 2 is 1.91 bits per heavy atom. The average molecular weight is 644 g/mol. The van der Waals surface area contributed by atoms with Crippen molar-refractivity contribution in [3.8, 4) is 0 Å². The highest BCUT2D eigenvalue weighted by molar-refractivity contribution is 6.30. The summed E-state index contributed by atoms with van der Waals surface area (Å²) in [5.74, 6) is -1.43. The molecule has 3 fully saturated rings. The van der Waals surface area contributed by atoms with Gasteiger partial charge in [0, 0.05) is 28.1 Å². The van der Waals surface area contributed by atoms with Gasteiger partial charge < -0.3 is 15.1 Å². The van der Waals surface area contributed by atoms with Gasteiger partial charge in [0.2, 0.25) is 24.1 Å². The molecule has 234 valence electrons. The lowest BCUT2D eigenvalue weighted by Crippen LogP contribution is -2.61. The summed E-state index contributed by atoms with van der Waals surface area (Å²) < 4.78 is 22.2. The quantitative estimate of drug-likeness (QED) is 0.252. The van der Waals surface area contributed by atoms with Crippen LogP contribution in [0, 0.1) is 11.3 Å². The first-order chi connectivity index (χ1) is 21.0. The number of halogens is 3. The molecule has 0 unspecified atom stereocenters. The lowest BCUT2D eigenvalue weighted by molar-refractivity contribution is -0.126. The third kappa shape index (κ3) is 5.28. The normalized spacial score (nSPS) is 30.9. The fraction of sp³-hybridized carbons (Fsp3) is 0.531. The lowest BCUT2D eigenvalue weighted by Gasteiger charge is -2.50. The van der Waals surface area contributed by atoms with Gasteiger partial charge in [-0.1, -0.05) is 55.8 Å². The van der Waals surface area contributed by atoms with E-state index in [9.17, 15) is 9.59 Å². The van der Waals surface area contributed by atoms with Crippen molar-refractivity contribution in [3.63, 3.8) is 0 Å². The number of carbonyl (C=O) groups excluding carboxylic acids is 2. The zero-order chi connectivity index (χ0) is 31.3. The third-order valence-corrected chi connectivity index (χ3v) is 10.6. The minimum Gasteiger partial charge on any atom is -0.428 e. The van der Waals surface area contributed by atoms with Crippen LogP contribution in [0.5, 0.6) is 0 Å². The Kier molecular flexibility index (Phi) is 8.22. The van der Waals surface area contributed by atoms with Gasteiger partial charge in [0.25, 0.3) is 0 Å². The van der Waals surface area contributed by atoms with Crippen LogP contribution in [0.4, 0.5) is 10.2 Å². The van der Waals surface area contributed by atoms with Crippen LogP contribution in [0.1, 0.15) is 82.6 Å². The van der Waals surface area contributed by atoms with E-state index in [0.29, 0.717) is 43.0 Å². The molecular weight excluding hydrogens is 606 g/mol. The molecule has 9 nitrogen and oxygen atoms in total. The van der Waals surface area contributed by atoms with E-state index < -0.39 is 28.7 Å². The van der Waals surface area contributed by atoms with E-state index >= 15 is 4.39 Å². The number of nitrogens with zero attached hydrogens (tertiary/aromatic N) is 3. The molecule has 2 aromatic heterocycles. The van der Waals surface area contributed by atoms with Gasteiger partial charge in [-0.3, -0.25) is 14.9 Å². The first-order valence-corrected chi connectivity index (χ1v) is 15.9. The monoisotopic (exact) mass is 642 g/mol. The molecule has 2 spiro atoms. The molecule has 12 heteroatoms. The van der Waals surface area contributed by atoms with Crippen LogP contribution < -0.4 is 16.0 Å².